The molecular formula is C11H18O3. The maximum absolute atomic E-state index is 11.7. The van der Waals surface area contributed by atoms with E-state index >= 15 is 0 Å². The van der Waals surface area contributed by atoms with E-state index in [4.69, 9.17) is 0 Å². The Kier molecular flexibility index (Phi) is 4.11. The van der Waals surface area contributed by atoms with Gasteiger partial charge in [0.2, 0.25) is 0 Å². The molecule has 2 atom stereocenters. The van der Waals surface area contributed by atoms with E-state index in [2.05, 4.69) is 4.74 Å². The second-order valence-corrected chi connectivity index (χ2v) is 4.05. The number of hydrogen-bond donors (Lipinski definition) is 0. The second kappa shape index (κ2) is 5.13. The molecule has 0 N–H and O–H groups in total. The number of rotatable bonds is 3. The number of methoxy groups -OCH3 is 1. The number of ether oxygens (including phenoxy) is 1. The van der Waals surface area contributed by atoms with E-state index in [0.29, 0.717) is 18.6 Å². The van der Waals surface area contributed by atoms with Gasteiger partial charge in [-0.25, -0.2) is 0 Å². The molecule has 3 nitrogen and oxygen atoms in total. The van der Waals surface area contributed by atoms with Gasteiger partial charge in [-0.05, 0) is 19.3 Å². The van der Waals surface area contributed by atoms with Crippen LogP contribution < -0.4 is 0 Å². The summed E-state index contributed by atoms with van der Waals surface area (Å²) in [5.41, 5.74) is 0. The molecule has 0 radical (unpaired) electrons. The largest absolute Gasteiger partial charge is 0.469 e. The lowest BCUT2D eigenvalue weighted by Crippen LogP contribution is -2.27. The second-order valence-electron chi connectivity index (χ2n) is 4.05. The van der Waals surface area contributed by atoms with Crippen LogP contribution in [0.1, 0.15) is 39.0 Å². The lowest BCUT2D eigenvalue weighted by molar-refractivity contribution is -0.141. The minimum absolute atomic E-state index is 0.0952. The zero-order valence-corrected chi connectivity index (χ0v) is 8.91. The fourth-order valence-corrected chi connectivity index (χ4v) is 2.04. The van der Waals surface area contributed by atoms with Crippen molar-refractivity contribution in [1.29, 1.82) is 0 Å². The molecular weight excluding hydrogens is 180 g/mol. The van der Waals surface area contributed by atoms with Gasteiger partial charge in [0.25, 0.3) is 0 Å². The molecule has 0 spiro atoms. The van der Waals surface area contributed by atoms with Crippen molar-refractivity contribution in [2.24, 2.45) is 11.8 Å². The SMILES string of the molecule is COC(=O)CC[C@H]1CCC[C@@H](C)C1=O. The summed E-state index contributed by atoms with van der Waals surface area (Å²) in [5.74, 6) is 0.403. The first-order valence-electron chi connectivity index (χ1n) is 5.25. The molecule has 0 aromatic heterocycles. The Hall–Kier alpha value is -0.860. The molecule has 1 fully saturated rings. The van der Waals surface area contributed by atoms with Gasteiger partial charge < -0.3 is 4.74 Å². The topological polar surface area (TPSA) is 43.4 Å². The molecule has 80 valence electrons. The van der Waals surface area contributed by atoms with Crippen LogP contribution in [-0.4, -0.2) is 18.9 Å². The van der Waals surface area contributed by atoms with Crippen molar-refractivity contribution in [1.82, 2.24) is 0 Å². The first-order chi connectivity index (χ1) is 6.65. The van der Waals surface area contributed by atoms with Gasteiger partial charge >= 0.3 is 5.97 Å². The van der Waals surface area contributed by atoms with Gasteiger partial charge in [0.1, 0.15) is 5.78 Å². The van der Waals surface area contributed by atoms with Crippen LogP contribution in [0.5, 0.6) is 0 Å². The molecule has 1 aliphatic rings. The Morgan fingerprint density at radius 3 is 2.86 bits per heavy atom. The van der Waals surface area contributed by atoms with Crippen molar-refractivity contribution in [3.05, 3.63) is 0 Å². The number of hydrogen-bond acceptors (Lipinski definition) is 3. The molecule has 0 saturated heterocycles. The first-order valence-corrected chi connectivity index (χ1v) is 5.25. The van der Waals surface area contributed by atoms with Gasteiger partial charge in [0.15, 0.2) is 0 Å². The molecule has 1 aliphatic carbocycles. The highest BCUT2D eigenvalue weighted by Crippen LogP contribution is 2.28. The van der Waals surface area contributed by atoms with E-state index in [-0.39, 0.29) is 17.8 Å². The predicted molar refractivity (Wildman–Crippen MR) is 52.8 cm³/mol. The van der Waals surface area contributed by atoms with Gasteiger partial charge in [-0.2, -0.15) is 0 Å². The van der Waals surface area contributed by atoms with Crippen LogP contribution >= 0.6 is 0 Å². The van der Waals surface area contributed by atoms with Gasteiger partial charge in [-0.15, -0.1) is 0 Å². The maximum atomic E-state index is 11.7. The van der Waals surface area contributed by atoms with Crippen molar-refractivity contribution in [3.63, 3.8) is 0 Å². The number of carbonyl (C=O) groups is 2. The average Bonchev–Trinajstić information content (AvgIpc) is 2.20. The Morgan fingerprint density at radius 2 is 2.21 bits per heavy atom. The molecule has 0 aliphatic heterocycles. The summed E-state index contributed by atoms with van der Waals surface area (Å²) in [6.45, 7) is 1.98. The van der Waals surface area contributed by atoms with Crippen LogP contribution in [0, 0.1) is 11.8 Å². The van der Waals surface area contributed by atoms with Crippen LogP contribution in [0.2, 0.25) is 0 Å². The van der Waals surface area contributed by atoms with E-state index in [1.165, 1.54) is 7.11 Å². The van der Waals surface area contributed by atoms with Gasteiger partial charge in [0, 0.05) is 18.3 Å². The molecule has 0 aromatic rings. The predicted octanol–water partition coefficient (Wildman–Crippen LogP) is 1.94. The zero-order chi connectivity index (χ0) is 10.6. The first kappa shape index (κ1) is 11.2. The Bertz CT molecular complexity index is 223. The van der Waals surface area contributed by atoms with Crippen LogP contribution in [0.15, 0.2) is 0 Å². The number of Topliss-reactive ketones (excluding diaryl/α,β-unsaturated/α-hetero) is 1. The van der Waals surface area contributed by atoms with Gasteiger partial charge in [0.05, 0.1) is 7.11 Å². The van der Waals surface area contributed by atoms with Crippen molar-refractivity contribution in [2.75, 3.05) is 7.11 Å². The van der Waals surface area contributed by atoms with Crippen molar-refractivity contribution in [3.8, 4) is 0 Å². The van der Waals surface area contributed by atoms with Crippen LogP contribution in [0.25, 0.3) is 0 Å². The highest BCUT2D eigenvalue weighted by atomic mass is 16.5. The minimum Gasteiger partial charge on any atom is -0.469 e. The normalized spacial score (nSPS) is 27.4. The number of esters is 1. The van der Waals surface area contributed by atoms with Crippen LogP contribution in [-0.2, 0) is 14.3 Å². The molecule has 3 heteroatoms. The van der Waals surface area contributed by atoms with E-state index in [1.54, 1.807) is 0 Å². The molecule has 1 rings (SSSR count). The number of ketones is 1. The summed E-state index contributed by atoms with van der Waals surface area (Å²) < 4.78 is 4.55. The van der Waals surface area contributed by atoms with Gasteiger partial charge in [-0.1, -0.05) is 13.3 Å². The van der Waals surface area contributed by atoms with Crippen LogP contribution in [0.4, 0.5) is 0 Å². The van der Waals surface area contributed by atoms with Crippen molar-refractivity contribution >= 4 is 11.8 Å². The summed E-state index contributed by atoms with van der Waals surface area (Å²) in [5, 5.41) is 0. The summed E-state index contributed by atoms with van der Waals surface area (Å²) >= 11 is 0. The van der Waals surface area contributed by atoms with Crippen molar-refractivity contribution < 1.29 is 14.3 Å². The molecule has 0 heterocycles. The third-order valence-electron chi connectivity index (χ3n) is 3.00. The van der Waals surface area contributed by atoms with E-state index in [0.717, 1.165) is 19.3 Å². The van der Waals surface area contributed by atoms with Crippen molar-refractivity contribution in [2.45, 2.75) is 39.0 Å². The Morgan fingerprint density at radius 1 is 1.50 bits per heavy atom. The summed E-state index contributed by atoms with van der Waals surface area (Å²) in [6, 6.07) is 0. The highest BCUT2D eigenvalue weighted by molar-refractivity contribution is 5.84. The molecule has 0 amide bonds. The smallest absolute Gasteiger partial charge is 0.305 e. The van der Waals surface area contributed by atoms with Crippen LogP contribution in [0.3, 0.4) is 0 Å². The summed E-state index contributed by atoms with van der Waals surface area (Å²) in [7, 11) is 1.38. The summed E-state index contributed by atoms with van der Waals surface area (Å²) in [4.78, 5) is 22.6. The van der Waals surface area contributed by atoms with E-state index in [1.807, 2.05) is 6.92 Å². The quantitative estimate of drug-likeness (QED) is 0.651. The molecule has 0 aromatic carbocycles. The monoisotopic (exact) mass is 198 g/mol. The minimum atomic E-state index is -0.212. The molecule has 0 bridgehead atoms. The van der Waals surface area contributed by atoms with E-state index < -0.39 is 0 Å². The third-order valence-corrected chi connectivity index (χ3v) is 3.00. The molecule has 1 saturated carbocycles. The third kappa shape index (κ3) is 2.82. The molecule has 0 unspecified atom stereocenters. The fourth-order valence-electron chi connectivity index (χ4n) is 2.04. The fraction of sp³-hybridized carbons (Fsp3) is 0.818. The lowest BCUT2D eigenvalue weighted by atomic mass is 9.79. The summed E-state index contributed by atoms with van der Waals surface area (Å²) in [6.07, 6.45) is 4.10. The zero-order valence-electron chi connectivity index (χ0n) is 8.91. The van der Waals surface area contributed by atoms with E-state index in [9.17, 15) is 9.59 Å². The van der Waals surface area contributed by atoms with Gasteiger partial charge in [-0.3, -0.25) is 9.59 Å². The highest BCUT2D eigenvalue weighted by Gasteiger charge is 2.28. The Labute approximate surface area is 84.8 Å². The maximum Gasteiger partial charge on any atom is 0.305 e. The molecule has 14 heavy (non-hydrogen) atoms. The standard InChI is InChI=1S/C11H18O3/c1-8-4-3-5-9(11(8)13)6-7-10(12)14-2/h8-9H,3-7H2,1-2H3/t8-,9-/m1/s1. The average molecular weight is 198 g/mol. The Balaban J connectivity index is 2.36. The number of carbonyl (C=O) groups excluding carboxylic acids is 2. The lowest BCUT2D eigenvalue weighted by Gasteiger charge is -2.24.